The number of amides is 1. The average Bonchev–Trinajstić information content (AvgIpc) is 3.10. The van der Waals surface area contributed by atoms with Crippen LogP contribution in [0, 0.1) is 5.92 Å². The van der Waals surface area contributed by atoms with E-state index in [4.69, 9.17) is 5.73 Å². The van der Waals surface area contributed by atoms with Crippen LogP contribution in [-0.2, 0) is 4.79 Å². The van der Waals surface area contributed by atoms with Crippen LogP contribution >= 0.6 is 11.3 Å². The lowest BCUT2D eigenvalue weighted by Crippen LogP contribution is -2.44. The third kappa shape index (κ3) is 3.21. The number of carbonyl (C=O) groups is 1. The van der Waals surface area contributed by atoms with Crippen molar-refractivity contribution in [3.8, 4) is 10.6 Å². The predicted octanol–water partition coefficient (Wildman–Crippen LogP) is 2.37. The fourth-order valence-corrected chi connectivity index (χ4v) is 3.78. The van der Waals surface area contributed by atoms with Crippen molar-refractivity contribution in [2.75, 3.05) is 18.8 Å². The van der Waals surface area contributed by atoms with Gasteiger partial charge in [0.25, 0.3) is 5.56 Å². The number of thiophene rings is 1. The summed E-state index contributed by atoms with van der Waals surface area (Å²) >= 11 is 1.52. The number of aromatic nitrogens is 2. The van der Waals surface area contributed by atoms with E-state index in [-0.39, 0.29) is 11.6 Å². The van der Waals surface area contributed by atoms with Gasteiger partial charge in [-0.15, -0.1) is 11.3 Å². The van der Waals surface area contributed by atoms with Crippen LogP contribution in [0.15, 0.2) is 28.4 Å². The number of nitrogens with two attached hydrogens (primary N) is 1. The van der Waals surface area contributed by atoms with Crippen molar-refractivity contribution < 1.29 is 4.79 Å². The lowest BCUT2D eigenvalue weighted by atomic mass is 10.00. The molecule has 0 saturated carbocycles. The number of carbonyl (C=O) groups excluding carboxylic acids is 1. The van der Waals surface area contributed by atoms with Gasteiger partial charge in [-0.05, 0) is 43.2 Å². The zero-order valence-corrected chi connectivity index (χ0v) is 14.8. The number of hydrogen-bond donors (Lipinski definition) is 1. The fraction of sp³-hybridized carbons (Fsp3) is 0.471. The van der Waals surface area contributed by atoms with E-state index in [1.807, 2.05) is 22.4 Å². The first-order valence-electron chi connectivity index (χ1n) is 8.19. The Morgan fingerprint density at radius 1 is 1.50 bits per heavy atom. The van der Waals surface area contributed by atoms with Gasteiger partial charge < -0.3 is 10.6 Å². The molecule has 1 fully saturated rings. The van der Waals surface area contributed by atoms with E-state index >= 15 is 0 Å². The summed E-state index contributed by atoms with van der Waals surface area (Å²) < 4.78 is 1.23. The highest BCUT2D eigenvalue weighted by molar-refractivity contribution is 7.13. The normalized spacial score (nSPS) is 19.2. The molecule has 0 bridgehead atoms. The molecule has 2 aromatic heterocycles. The number of likely N-dealkylation sites (tertiary alicyclic amines) is 1. The van der Waals surface area contributed by atoms with Gasteiger partial charge in [-0.3, -0.25) is 9.59 Å². The Hall–Kier alpha value is -2.15. The fourth-order valence-electron chi connectivity index (χ4n) is 3.10. The Balaban J connectivity index is 1.93. The van der Waals surface area contributed by atoms with Crippen molar-refractivity contribution in [1.82, 2.24) is 14.7 Å². The van der Waals surface area contributed by atoms with Gasteiger partial charge in [0.2, 0.25) is 5.91 Å². The molecule has 1 aliphatic rings. The maximum Gasteiger partial charge on any atom is 0.290 e. The highest BCUT2D eigenvalue weighted by Crippen LogP contribution is 2.24. The van der Waals surface area contributed by atoms with Crippen LogP contribution in [0.4, 0.5) is 5.69 Å². The molecule has 2 aromatic rings. The lowest BCUT2D eigenvalue weighted by Gasteiger charge is -2.32. The number of hydrogen-bond acceptors (Lipinski definition) is 5. The standard InChI is InChI=1S/C17H22N4O2S/c1-11-5-3-7-20(10-11)16(22)12(2)21-17(23)13(18)9-14(19-21)15-6-4-8-24-15/h4,6,8-9,11-12H,3,5,7,10,18H2,1-2H3/t11-,12-/m1/s1. The minimum absolute atomic E-state index is 0.0705. The van der Waals surface area contributed by atoms with E-state index < -0.39 is 11.6 Å². The molecule has 24 heavy (non-hydrogen) atoms. The summed E-state index contributed by atoms with van der Waals surface area (Å²) in [4.78, 5) is 27.9. The first kappa shape index (κ1) is 16.7. The summed E-state index contributed by atoms with van der Waals surface area (Å²) in [5.74, 6) is 0.418. The molecule has 3 heterocycles. The van der Waals surface area contributed by atoms with Crippen LogP contribution in [0.5, 0.6) is 0 Å². The van der Waals surface area contributed by atoms with Crippen molar-refractivity contribution in [2.45, 2.75) is 32.7 Å². The summed E-state index contributed by atoms with van der Waals surface area (Å²) in [6, 6.07) is 4.74. The van der Waals surface area contributed by atoms with Crippen molar-refractivity contribution in [3.05, 3.63) is 33.9 Å². The summed E-state index contributed by atoms with van der Waals surface area (Å²) in [5.41, 5.74) is 6.19. The highest BCUT2D eigenvalue weighted by Gasteiger charge is 2.27. The molecular weight excluding hydrogens is 324 g/mol. The van der Waals surface area contributed by atoms with Gasteiger partial charge in [0.1, 0.15) is 17.4 Å². The maximum absolute atomic E-state index is 12.8. The number of nitrogens with zero attached hydrogens (tertiary/aromatic N) is 3. The van der Waals surface area contributed by atoms with E-state index in [1.54, 1.807) is 13.0 Å². The van der Waals surface area contributed by atoms with Gasteiger partial charge in [-0.1, -0.05) is 13.0 Å². The van der Waals surface area contributed by atoms with Gasteiger partial charge in [-0.25, -0.2) is 4.68 Å². The molecule has 1 amide bonds. The smallest absolute Gasteiger partial charge is 0.290 e. The van der Waals surface area contributed by atoms with Crippen molar-refractivity contribution in [2.24, 2.45) is 5.92 Å². The van der Waals surface area contributed by atoms with Crippen LogP contribution < -0.4 is 11.3 Å². The topological polar surface area (TPSA) is 81.2 Å². The highest BCUT2D eigenvalue weighted by atomic mass is 32.1. The third-order valence-electron chi connectivity index (χ3n) is 4.43. The second-order valence-electron chi connectivity index (χ2n) is 6.42. The van der Waals surface area contributed by atoms with E-state index in [2.05, 4.69) is 12.0 Å². The molecule has 1 saturated heterocycles. The Morgan fingerprint density at radius 2 is 2.29 bits per heavy atom. The molecule has 0 aliphatic carbocycles. The third-order valence-corrected chi connectivity index (χ3v) is 5.32. The first-order valence-corrected chi connectivity index (χ1v) is 9.07. The second-order valence-corrected chi connectivity index (χ2v) is 7.37. The molecule has 0 unspecified atom stereocenters. The molecule has 7 heteroatoms. The Labute approximate surface area is 144 Å². The number of piperidine rings is 1. The quantitative estimate of drug-likeness (QED) is 0.925. The van der Waals surface area contributed by atoms with Crippen LogP contribution in [0.2, 0.25) is 0 Å². The summed E-state index contributed by atoms with van der Waals surface area (Å²) in [6.07, 6.45) is 2.14. The van der Waals surface area contributed by atoms with Crippen LogP contribution in [-0.4, -0.2) is 33.7 Å². The minimum Gasteiger partial charge on any atom is -0.394 e. The molecule has 128 valence electrons. The largest absolute Gasteiger partial charge is 0.394 e. The summed E-state index contributed by atoms with van der Waals surface area (Å²) in [6.45, 7) is 5.33. The Bertz CT molecular complexity index is 784. The van der Waals surface area contributed by atoms with Crippen molar-refractivity contribution >= 4 is 22.9 Å². The zero-order valence-electron chi connectivity index (χ0n) is 13.9. The van der Waals surface area contributed by atoms with Crippen LogP contribution in [0.25, 0.3) is 10.6 Å². The number of nitrogen functional groups attached to an aromatic ring is 1. The van der Waals surface area contributed by atoms with E-state index in [0.717, 1.165) is 30.8 Å². The van der Waals surface area contributed by atoms with Gasteiger partial charge in [0.15, 0.2) is 0 Å². The number of anilines is 1. The molecule has 1 aliphatic heterocycles. The number of rotatable bonds is 3. The molecule has 6 nitrogen and oxygen atoms in total. The van der Waals surface area contributed by atoms with E-state index in [9.17, 15) is 9.59 Å². The minimum atomic E-state index is -0.662. The van der Waals surface area contributed by atoms with E-state index in [0.29, 0.717) is 11.6 Å². The molecular formula is C17H22N4O2S. The second kappa shape index (κ2) is 6.76. The zero-order chi connectivity index (χ0) is 17.3. The molecule has 0 radical (unpaired) electrons. The molecule has 0 spiro atoms. The van der Waals surface area contributed by atoms with Gasteiger partial charge in [-0.2, -0.15) is 5.10 Å². The van der Waals surface area contributed by atoms with Gasteiger partial charge in [0.05, 0.1) is 4.88 Å². The SMILES string of the molecule is C[C@@H]1CCCN(C(=O)[C@@H](C)n2nc(-c3cccs3)cc(N)c2=O)C1. The predicted molar refractivity (Wildman–Crippen MR) is 95.9 cm³/mol. The average molecular weight is 346 g/mol. The maximum atomic E-state index is 12.8. The first-order chi connectivity index (χ1) is 11.5. The summed E-state index contributed by atoms with van der Waals surface area (Å²) in [5, 5.41) is 6.33. The van der Waals surface area contributed by atoms with Gasteiger partial charge in [0, 0.05) is 13.1 Å². The van der Waals surface area contributed by atoms with Crippen molar-refractivity contribution in [3.63, 3.8) is 0 Å². The summed E-state index contributed by atoms with van der Waals surface area (Å²) in [7, 11) is 0. The van der Waals surface area contributed by atoms with Crippen LogP contribution in [0.1, 0.15) is 32.7 Å². The Kier molecular flexibility index (Phi) is 4.71. The van der Waals surface area contributed by atoms with Crippen molar-refractivity contribution in [1.29, 1.82) is 0 Å². The Morgan fingerprint density at radius 3 is 2.96 bits per heavy atom. The molecule has 0 aromatic carbocycles. The molecule has 2 N–H and O–H groups in total. The van der Waals surface area contributed by atoms with E-state index in [1.165, 1.54) is 16.0 Å². The molecule has 3 rings (SSSR count). The lowest BCUT2D eigenvalue weighted by molar-refractivity contribution is -0.136. The molecule has 2 atom stereocenters. The van der Waals surface area contributed by atoms with Crippen LogP contribution in [0.3, 0.4) is 0 Å². The van der Waals surface area contributed by atoms with Gasteiger partial charge >= 0.3 is 0 Å². The monoisotopic (exact) mass is 346 g/mol.